The lowest BCUT2D eigenvalue weighted by molar-refractivity contribution is 0.353. The molecule has 118 valence electrons. The van der Waals surface area contributed by atoms with Crippen LogP contribution in [0.4, 0.5) is 0 Å². The van der Waals surface area contributed by atoms with Gasteiger partial charge < -0.3 is 14.8 Å². The molecule has 7 heteroatoms. The van der Waals surface area contributed by atoms with Crippen molar-refractivity contribution in [3.63, 3.8) is 0 Å². The highest BCUT2D eigenvalue weighted by molar-refractivity contribution is 7.89. The van der Waals surface area contributed by atoms with Crippen molar-refractivity contribution < 1.29 is 17.9 Å². The second kappa shape index (κ2) is 6.64. The van der Waals surface area contributed by atoms with E-state index in [0.717, 1.165) is 25.9 Å². The molecule has 1 heterocycles. The van der Waals surface area contributed by atoms with Gasteiger partial charge in [-0.2, -0.15) is 0 Å². The van der Waals surface area contributed by atoms with Gasteiger partial charge in [0, 0.05) is 12.1 Å². The Balaban J connectivity index is 2.30. The first-order chi connectivity index (χ1) is 9.97. The van der Waals surface area contributed by atoms with E-state index < -0.39 is 10.0 Å². The Kier molecular flexibility index (Phi) is 5.08. The number of hydrogen-bond acceptors (Lipinski definition) is 5. The minimum absolute atomic E-state index is 0.0243. The molecule has 6 nitrogen and oxygen atoms in total. The summed E-state index contributed by atoms with van der Waals surface area (Å²) in [7, 11) is -0.545. The van der Waals surface area contributed by atoms with Crippen molar-refractivity contribution in [1.82, 2.24) is 10.0 Å². The quantitative estimate of drug-likeness (QED) is 0.849. The highest BCUT2D eigenvalue weighted by atomic mass is 32.2. The minimum atomic E-state index is -3.56. The van der Waals surface area contributed by atoms with Crippen LogP contribution in [0, 0.1) is 6.92 Å². The number of sulfonamides is 1. The highest BCUT2D eigenvalue weighted by Gasteiger charge is 2.24. The van der Waals surface area contributed by atoms with E-state index >= 15 is 0 Å². The number of ether oxygens (including phenoxy) is 2. The van der Waals surface area contributed by atoms with Gasteiger partial charge in [-0.3, -0.25) is 0 Å². The molecular weight excluding hydrogens is 292 g/mol. The molecule has 21 heavy (non-hydrogen) atoms. The second-order valence-corrected chi connectivity index (χ2v) is 6.80. The predicted octanol–water partition coefficient (Wildman–Crippen LogP) is 1.04. The van der Waals surface area contributed by atoms with E-state index in [2.05, 4.69) is 10.0 Å². The molecule has 1 saturated heterocycles. The molecule has 0 atom stereocenters. The number of piperidine rings is 1. The third-order valence-electron chi connectivity index (χ3n) is 3.63. The zero-order valence-electron chi connectivity index (χ0n) is 12.6. The number of aryl methyl sites for hydroxylation is 1. The van der Waals surface area contributed by atoms with E-state index in [1.165, 1.54) is 20.3 Å². The third kappa shape index (κ3) is 3.66. The lowest BCUT2D eigenvalue weighted by Gasteiger charge is -2.24. The molecule has 2 N–H and O–H groups in total. The number of hydrogen-bond donors (Lipinski definition) is 2. The molecule has 1 aromatic rings. The van der Waals surface area contributed by atoms with E-state index in [1.807, 2.05) is 0 Å². The maximum atomic E-state index is 12.6. The minimum Gasteiger partial charge on any atom is -0.493 e. The first-order valence-corrected chi connectivity index (χ1v) is 8.42. The molecule has 0 spiro atoms. The lowest BCUT2D eigenvalue weighted by atomic mass is 10.1. The van der Waals surface area contributed by atoms with Crippen LogP contribution >= 0.6 is 0 Å². The van der Waals surface area contributed by atoms with Crippen molar-refractivity contribution >= 4 is 10.0 Å². The molecule has 0 aliphatic carbocycles. The van der Waals surface area contributed by atoms with Crippen molar-refractivity contribution in [2.45, 2.75) is 30.7 Å². The fraction of sp³-hybridized carbons (Fsp3) is 0.571. The summed E-state index contributed by atoms with van der Waals surface area (Å²) in [6.07, 6.45) is 1.59. The van der Waals surface area contributed by atoms with Crippen LogP contribution in [-0.4, -0.2) is 41.8 Å². The molecule has 0 radical (unpaired) electrons. The summed E-state index contributed by atoms with van der Waals surface area (Å²) < 4.78 is 38.3. The van der Waals surface area contributed by atoms with Gasteiger partial charge in [0.25, 0.3) is 0 Å². The predicted molar refractivity (Wildman–Crippen MR) is 80.5 cm³/mol. The average Bonchev–Trinajstić information content (AvgIpc) is 2.47. The number of methoxy groups -OCH3 is 2. The van der Waals surface area contributed by atoms with Gasteiger partial charge in [-0.25, -0.2) is 13.1 Å². The molecule has 2 rings (SSSR count). The summed E-state index contributed by atoms with van der Waals surface area (Å²) in [4.78, 5) is 0.235. The number of benzene rings is 1. The Hall–Kier alpha value is -1.31. The molecule has 1 aliphatic heterocycles. The largest absolute Gasteiger partial charge is 0.493 e. The van der Waals surface area contributed by atoms with Gasteiger partial charge >= 0.3 is 0 Å². The average molecular weight is 314 g/mol. The smallest absolute Gasteiger partial charge is 0.241 e. The summed E-state index contributed by atoms with van der Waals surface area (Å²) >= 11 is 0. The second-order valence-electron chi connectivity index (χ2n) is 5.12. The monoisotopic (exact) mass is 314 g/mol. The first kappa shape index (κ1) is 16.1. The van der Waals surface area contributed by atoms with Crippen molar-refractivity contribution in [2.24, 2.45) is 0 Å². The Bertz CT molecular complexity index is 595. The molecule has 1 aliphatic rings. The Morgan fingerprint density at radius 2 is 1.71 bits per heavy atom. The molecule has 0 amide bonds. The molecule has 0 bridgehead atoms. The Morgan fingerprint density at radius 1 is 1.14 bits per heavy atom. The van der Waals surface area contributed by atoms with Crippen molar-refractivity contribution in [1.29, 1.82) is 0 Å². The first-order valence-electron chi connectivity index (χ1n) is 6.93. The van der Waals surface area contributed by atoms with Crippen LogP contribution < -0.4 is 19.5 Å². The van der Waals surface area contributed by atoms with E-state index in [1.54, 1.807) is 13.0 Å². The molecule has 0 unspecified atom stereocenters. The Morgan fingerprint density at radius 3 is 2.29 bits per heavy atom. The van der Waals surface area contributed by atoms with Gasteiger partial charge in [0.2, 0.25) is 10.0 Å². The fourth-order valence-corrected chi connectivity index (χ4v) is 4.02. The Labute approximate surface area is 125 Å². The number of nitrogens with one attached hydrogen (secondary N) is 2. The van der Waals surface area contributed by atoms with Crippen LogP contribution in [0.5, 0.6) is 11.5 Å². The van der Waals surface area contributed by atoms with Gasteiger partial charge in [-0.1, -0.05) is 0 Å². The maximum absolute atomic E-state index is 12.6. The third-order valence-corrected chi connectivity index (χ3v) is 5.29. The summed E-state index contributed by atoms with van der Waals surface area (Å²) in [5.74, 6) is 0.935. The van der Waals surface area contributed by atoms with Crippen molar-refractivity contribution in [3.8, 4) is 11.5 Å². The normalized spacial score (nSPS) is 16.7. The van der Waals surface area contributed by atoms with E-state index in [0.29, 0.717) is 17.1 Å². The van der Waals surface area contributed by atoms with Gasteiger partial charge in [0.1, 0.15) is 0 Å². The van der Waals surface area contributed by atoms with Crippen LogP contribution in [0.2, 0.25) is 0 Å². The van der Waals surface area contributed by atoms with Gasteiger partial charge in [-0.05, 0) is 44.5 Å². The van der Waals surface area contributed by atoms with E-state index in [9.17, 15) is 8.42 Å². The zero-order chi connectivity index (χ0) is 15.5. The van der Waals surface area contributed by atoms with Crippen LogP contribution in [0.15, 0.2) is 17.0 Å². The van der Waals surface area contributed by atoms with Crippen LogP contribution in [-0.2, 0) is 10.0 Å². The van der Waals surface area contributed by atoms with Crippen molar-refractivity contribution in [2.75, 3.05) is 27.3 Å². The maximum Gasteiger partial charge on any atom is 0.241 e. The fourth-order valence-electron chi connectivity index (χ4n) is 2.47. The van der Waals surface area contributed by atoms with E-state index in [-0.39, 0.29) is 10.9 Å². The topological polar surface area (TPSA) is 76.7 Å². The summed E-state index contributed by atoms with van der Waals surface area (Å²) in [5, 5.41) is 3.21. The van der Waals surface area contributed by atoms with E-state index in [4.69, 9.17) is 9.47 Å². The zero-order valence-corrected chi connectivity index (χ0v) is 13.4. The molecule has 1 fully saturated rings. The van der Waals surface area contributed by atoms with Gasteiger partial charge in [0.05, 0.1) is 19.1 Å². The van der Waals surface area contributed by atoms with Crippen LogP contribution in [0.1, 0.15) is 18.4 Å². The summed E-state index contributed by atoms with van der Waals surface area (Å²) in [6.45, 7) is 3.41. The molecule has 0 saturated carbocycles. The molecule has 1 aromatic carbocycles. The summed E-state index contributed by atoms with van der Waals surface area (Å²) in [5.41, 5.74) is 0.633. The highest BCUT2D eigenvalue weighted by Crippen LogP contribution is 2.32. The number of rotatable bonds is 5. The van der Waals surface area contributed by atoms with Crippen LogP contribution in [0.3, 0.4) is 0 Å². The van der Waals surface area contributed by atoms with Crippen LogP contribution in [0.25, 0.3) is 0 Å². The molecule has 0 aromatic heterocycles. The van der Waals surface area contributed by atoms with Gasteiger partial charge in [-0.15, -0.1) is 0 Å². The standard InChI is InChI=1S/C14H22N2O4S/c1-10-8-12(19-2)13(20-3)9-14(10)21(17,18)16-11-4-6-15-7-5-11/h8-9,11,15-16H,4-7H2,1-3H3. The van der Waals surface area contributed by atoms with Crippen molar-refractivity contribution in [3.05, 3.63) is 17.7 Å². The van der Waals surface area contributed by atoms with Gasteiger partial charge in [0.15, 0.2) is 11.5 Å². The lowest BCUT2D eigenvalue weighted by Crippen LogP contribution is -2.42. The molecular formula is C14H22N2O4S. The summed E-state index contributed by atoms with van der Waals surface area (Å²) in [6, 6.07) is 3.16. The SMILES string of the molecule is COc1cc(C)c(S(=O)(=O)NC2CCNCC2)cc1OC.